The highest BCUT2D eigenvalue weighted by Gasteiger charge is 2.22. The number of rotatable bonds is 10. The Morgan fingerprint density at radius 3 is 2.06 bits per heavy atom. The number of aliphatic carboxylic acids is 1. The Labute approximate surface area is 185 Å². The molecule has 1 N–H and O–H groups in total. The highest BCUT2D eigenvalue weighted by atomic mass is 35.5. The van der Waals surface area contributed by atoms with Crippen molar-refractivity contribution in [3.05, 3.63) is 52.4 Å². The number of sulfone groups is 1. The third-order valence-corrected chi connectivity index (χ3v) is 6.06. The van der Waals surface area contributed by atoms with E-state index in [2.05, 4.69) is 0 Å². The number of carboxylic acids is 1. The first kappa shape index (κ1) is 24.4. The smallest absolute Gasteiger partial charge is 0.326 e. The zero-order chi connectivity index (χ0) is 23.2. The van der Waals surface area contributed by atoms with Crippen LogP contribution in [0.3, 0.4) is 0 Å². The fourth-order valence-corrected chi connectivity index (χ4v) is 4.11. The van der Waals surface area contributed by atoms with Crippen LogP contribution in [0.5, 0.6) is 23.0 Å². The first-order chi connectivity index (χ1) is 14.6. The fraction of sp³-hybridized carbons (Fsp3) is 0.286. The van der Waals surface area contributed by atoms with Gasteiger partial charge in [-0.05, 0) is 23.8 Å². The lowest BCUT2D eigenvalue weighted by molar-refractivity contribution is -0.136. The molecular formula is C21H23ClO8S. The Morgan fingerprint density at radius 2 is 1.58 bits per heavy atom. The number of hydrogen-bond acceptors (Lipinski definition) is 7. The molecule has 8 nitrogen and oxygen atoms in total. The number of carboxylic acid groups (broad SMARTS) is 1. The molecule has 10 heteroatoms. The summed E-state index contributed by atoms with van der Waals surface area (Å²) in [4.78, 5) is 11.2. The summed E-state index contributed by atoms with van der Waals surface area (Å²) in [5, 5.41) is 8.84. The van der Waals surface area contributed by atoms with Crippen molar-refractivity contribution in [2.24, 2.45) is 0 Å². The quantitative estimate of drug-likeness (QED) is 0.524. The van der Waals surface area contributed by atoms with Crippen LogP contribution in [-0.4, -0.2) is 47.9 Å². The molecule has 0 aliphatic carbocycles. The first-order valence-electron chi connectivity index (χ1n) is 8.90. The molecule has 0 spiro atoms. The van der Waals surface area contributed by atoms with Gasteiger partial charge in [0.05, 0.1) is 39.8 Å². The van der Waals surface area contributed by atoms with E-state index in [0.717, 1.165) is 5.41 Å². The molecule has 0 saturated carbocycles. The van der Waals surface area contributed by atoms with Crippen molar-refractivity contribution in [1.82, 2.24) is 0 Å². The number of halogens is 1. The highest BCUT2D eigenvalue weighted by Crippen LogP contribution is 2.35. The van der Waals surface area contributed by atoms with Crippen molar-refractivity contribution in [2.75, 3.05) is 28.4 Å². The van der Waals surface area contributed by atoms with Crippen LogP contribution in [0, 0.1) is 0 Å². The molecule has 31 heavy (non-hydrogen) atoms. The van der Waals surface area contributed by atoms with Crippen LogP contribution in [0.1, 0.15) is 22.1 Å². The first-order valence-corrected chi connectivity index (χ1v) is 11.1. The predicted molar refractivity (Wildman–Crippen MR) is 117 cm³/mol. The number of hydrogen-bond donors (Lipinski definition) is 1. The lowest BCUT2D eigenvalue weighted by Crippen LogP contribution is -2.08. The summed E-state index contributed by atoms with van der Waals surface area (Å²) in [7, 11) is 2.03. The summed E-state index contributed by atoms with van der Waals surface area (Å²) in [6, 6.07) is 7.64. The van der Waals surface area contributed by atoms with E-state index in [9.17, 15) is 18.3 Å². The lowest BCUT2D eigenvalue weighted by atomic mass is 10.1. The van der Waals surface area contributed by atoms with Gasteiger partial charge in [0.15, 0.2) is 15.2 Å². The largest absolute Gasteiger partial charge is 0.496 e. The molecule has 0 heterocycles. The lowest BCUT2D eigenvalue weighted by Gasteiger charge is -2.13. The third kappa shape index (κ3) is 6.05. The Bertz CT molecular complexity index is 1050. The second kappa shape index (κ2) is 10.4. The zero-order valence-corrected chi connectivity index (χ0v) is 19.0. The molecular weight excluding hydrogens is 448 g/mol. The molecule has 1 atom stereocenters. The van der Waals surface area contributed by atoms with Gasteiger partial charge in [-0.3, -0.25) is 4.79 Å². The molecule has 0 fully saturated rings. The SMILES string of the molecule is COc1cc(OC)c(/C=C/S(=O)(=O)Cc2ccc(OC)c(C(Cl)C(=O)O)c2)c(OC)c1. The minimum absolute atomic E-state index is 0.173. The topological polar surface area (TPSA) is 108 Å². The van der Waals surface area contributed by atoms with Crippen LogP contribution in [0.25, 0.3) is 6.08 Å². The van der Waals surface area contributed by atoms with Gasteiger partial charge in [0.1, 0.15) is 23.0 Å². The van der Waals surface area contributed by atoms with Crippen molar-refractivity contribution in [3.63, 3.8) is 0 Å². The van der Waals surface area contributed by atoms with E-state index in [4.69, 9.17) is 30.5 Å². The molecule has 0 aromatic heterocycles. The number of alkyl halides is 1. The normalized spacial score (nSPS) is 12.4. The summed E-state index contributed by atoms with van der Waals surface area (Å²) < 4.78 is 46.3. The molecule has 0 saturated heterocycles. The Morgan fingerprint density at radius 1 is 1.00 bits per heavy atom. The fourth-order valence-electron chi connectivity index (χ4n) is 2.85. The summed E-state index contributed by atoms with van der Waals surface area (Å²) in [5.41, 5.74) is 0.962. The second-order valence-corrected chi connectivity index (χ2v) is 8.66. The van der Waals surface area contributed by atoms with Gasteiger partial charge in [0, 0.05) is 23.1 Å². The maximum Gasteiger partial charge on any atom is 0.326 e. The van der Waals surface area contributed by atoms with Crippen molar-refractivity contribution >= 4 is 33.5 Å². The van der Waals surface area contributed by atoms with Crippen LogP contribution in [0.15, 0.2) is 35.7 Å². The van der Waals surface area contributed by atoms with Crippen LogP contribution < -0.4 is 18.9 Å². The van der Waals surface area contributed by atoms with E-state index in [1.165, 1.54) is 52.7 Å². The zero-order valence-electron chi connectivity index (χ0n) is 17.4. The van der Waals surface area contributed by atoms with E-state index in [-0.39, 0.29) is 17.1 Å². The number of carbonyl (C=O) groups is 1. The molecule has 0 aliphatic rings. The highest BCUT2D eigenvalue weighted by molar-refractivity contribution is 7.93. The van der Waals surface area contributed by atoms with Crippen molar-refractivity contribution < 1.29 is 37.3 Å². The minimum Gasteiger partial charge on any atom is -0.496 e. The van der Waals surface area contributed by atoms with Crippen molar-refractivity contribution in [1.29, 1.82) is 0 Å². The van der Waals surface area contributed by atoms with E-state index >= 15 is 0 Å². The van der Waals surface area contributed by atoms with Crippen molar-refractivity contribution in [3.8, 4) is 23.0 Å². The van der Waals surface area contributed by atoms with Gasteiger partial charge in [0.25, 0.3) is 0 Å². The van der Waals surface area contributed by atoms with Gasteiger partial charge in [0.2, 0.25) is 0 Å². The van der Waals surface area contributed by atoms with E-state index in [1.54, 1.807) is 12.1 Å². The van der Waals surface area contributed by atoms with Gasteiger partial charge < -0.3 is 24.1 Å². The molecule has 2 aromatic rings. The van der Waals surface area contributed by atoms with Crippen LogP contribution >= 0.6 is 11.6 Å². The molecule has 1 unspecified atom stereocenters. The predicted octanol–water partition coefficient (Wildman–Crippen LogP) is 3.67. The van der Waals surface area contributed by atoms with E-state index in [0.29, 0.717) is 28.4 Å². The maximum atomic E-state index is 12.7. The van der Waals surface area contributed by atoms with Crippen LogP contribution in [0.2, 0.25) is 0 Å². The summed E-state index contributed by atoms with van der Waals surface area (Å²) in [6.07, 6.45) is 1.37. The number of benzene rings is 2. The Hall–Kier alpha value is -2.91. The molecule has 2 aromatic carbocycles. The molecule has 0 bridgehead atoms. The maximum absolute atomic E-state index is 12.7. The van der Waals surface area contributed by atoms with Crippen molar-refractivity contribution in [2.45, 2.75) is 11.1 Å². The van der Waals surface area contributed by atoms with Gasteiger partial charge in [-0.15, -0.1) is 11.6 Å². The van der Waals surface area contributed by atoms with E-state index in [1.807, 2.05) is 0 Å². The average Bonchev–Trinajstić information content (AvgIpc) is 2.75. The van der Waals surface area contributed by atoms with Gasteiger partial charge in [-0.25, -0.2) is 8.42 Å². The van der Waals surface area contributed by atoms with Gasteiger partial charge >= 0.3 is 5.97 Å². The Kier molecular flexibility index (Phi) is 8.18. The summed E-state index contributed by atoms with van der Waals surface area (Å²) in [5.74, 6) is -0.134. The standard InChI is InChI=1S/C21H23ClO8S/c1-27-14-10-18(29-3)15(19(11-14)30-4)7-8-31(25,26)12-13-5-6-17(28-2)16(9-13)20(22)21(23)24/h5-11,20H,12H2,1-4H3,(H,23,24)/b8-7+. The average molecular weight is 471 g/mol. The van der Waals surface area contributed by atoms with Crippen LogP contribution in [-0.2, 0) is 20.4 Å². The molecule has 168 valence electrons. The number of methoxy groups -OCH3 is 4. The van der Waals surface area contributed by atoms with E-state index < -0.39 is 21.2 Å². The van der Waals surface area contributed by atoms with Gasteiger partial charge in [-0.1, -0.05) is 6.07 Å². The molecule has 0 aliphatic heterocycles. The summed E-state index contributed by atoms with van der Waals surface area (Å²) >= 11 is 5.92. The van der Waals surface area contributed by atoms with Crippen LogP contribution in [0.4, 0.5) is 0 Å². The monoisotopic (exact) mass is 470 g/mol. The molecule has 2 rings (SSSR count). The molecule has 0 radical (unpaired) electrons. The summed E-state index contributed by atoms with van der Waals surface area (Å²) in [6.45, 7) is 0. The van der Waals surface area contributed by atoms with Gasteiger partial charge in [-0.2, -0.15) is 0 Å². The Balaban J connectivity index is 2.37. The third-order valence-electron chi connectivity index (χ3n) is 4.35. The second-order valence-electron chi connectivity index (χ2n) is 6.33. The number of ether oxygens (including phenoxy) is 4. The molecule has 0 amide bonds. The minimum atomic E-state index is -3.73.